The van der Waals surface area contributed by atoms with Gasteiger partial charge in [-0.25, -0.2) is 4.79 Å². The van der Waals surface area contributed by atoms with E-state index >= 15 is 0 Å². The van der Waals surface area contributed by atoms with Crippen molar-refractivity contribution in [1.82, 2.24) is 10.2 Å². The van der Waals surface area contributed by atoms with E-state index in [0.717, 1.165) is 32.2 Å². The van der Waals surface area contributed by atoms with E-state index < -0.39 is 5.60 Å². The predicted molar refractivity (Wildman–Crippen MR) is 82.9 cm³/mol. The van der Waals surface area contributed by atoms with Gasteiger partial charge in [-0.05, 0) is 60.3 Å². The van der Waals surface area contributed by atoms with E-state index in [0.29, 0.717) is 18.1 Å². The lowest BCUT2D eigenvalue weighted by Gasteiger charge is -2.30. The molecule has 4 heteroatoms. The number of ether oxygens (including phenoxy) is 1. The van der Waals surface area contributed by atoms with Crippen molar-refractivity contribution >= 4 is 6.09 Å². The van der Waals surface area contributed by atoms with Crippen LogP contribution in [0.4, 0.5) is 4.79 Å². The van der Waals surface area contributed by atoms with Crippen molar-refractivity contribution in [2.24, 2.45) is 0 Å². The molecule has 0 spiro atoms. The Bertz CT molecular complexity index is 312. The molecule has 1 aliphatic heterocycles. The number of rotatable bonds is 5. The van der Waals surface area contributed by atoms with Crippen molar-refractivity contribution in [3.63, 3.8) is 0 Å². The highest BCUT2D eigenvalue weighted by Gasteiger charge is 2.32. The summed E-state index contributed by atoms with van der Waals surface area (Å²) in [5.74, 6) is 0. The average molecular weight is 284 g/mol. The van der Waals surface area contributed by atoms with Crippen LogP contribution in [0.3, 0.4) is 0 Å². The van der Waals surface area contributed by atoms with Crippen LogP contribution in [0, 0.1) is 0 Å². The summed E-state index contributed by atoms with van der Waals surface area (Å²) in [6, 6.07) is 1.27. The molecule has 1 heterocycles. The Balaban J connectivity index is 2.50. The fourth-order valence-corrected chi connectivity index (χ4v) is 2.72. The van der Waals surface area contributed by atoms with Gasteiger partial charge < -0.3 is 15.0 Å². The molecule has 0 aliphatic carbocycles. The van der Waals surface area contributed by atoms with Crippen molar-refractivity contribution in [1.29, 1.82) is 0 Å². The summed E-state index contributed by atoms with van der Waals surface area (Å²) in [6.07, 6.45) is 4.15. The molecule has 0 radical (unpaired) electrons. The van der Waals surface area contributed by atoms with Crippen LogP contribution in [-0.2, 0) is 4.74 Å². The Morgan fingerprint density at radius 2 is 2.00 bits per heavy atom. The Morgan fingerprint density at radius 3 is 2.55 bits per heavy atom. The van der Waals surface area contributed by atoms with Crippen LogP contribution in [0.1, 0.15) is 67.2 Å². The molecule has 0 aromatic heterocycles. The first kappa shape index (κ1) is 17.3. The van der Waals surface area contributed by atoms with Crippen LogP contribution < -0.4 is 5.32 Å². The van der Waals surface area contributed by atoms with E-state index in [1.54, 1.807) is 0 Å². The van der Waals surface area contributed by atoms with Crippen LogP contribution in [-0.4, -0.2) is 41.3 Å². The van der Waals surface area contributed by atoms with Crippen molar-refractivity contribution in [3.8, 4) is 0 Å². The van der Waals surface area contributed by atoms with E-state index in [2.05, 4.69) is 26.1 Å². The highest BCUT2D eigenvalue weighted by Crippen LogP contribution is 2.24. The quantitative estimate of drug-likeness (QED) is 0.839. The van der Waals surface area contributed by atoms with Gasteiger partial charge in [0.2, 0.25) is 0 Å². The minimum Gasteiger partial charge on any atom is -0.444 e. The molecule has 1 aliphatic rings. The third kappa shape index (κ3) is 5.70. The molecule has 0 saturated carbocycles. The monoisotopic (exact) mass is 284 g/mol. The van der Waals surface area contributed by atoms with E-state index in [-0.39, 0.29) is 6.09 Å². The third-order valence-electron chi connectivity index (χ3n) is 3.81. The molecular weight excluding hydrogens is 252 g/mol. The van der Waals surface area contributed by atoms with Crippen LogP contribution in [0.25, 0.3) is 0 Å². The first-order valence-corrected chi connectivity index (χ1v) is 7.98. The van der Waals surface area contributed by atoms with Gasteiger partial charge in [-0.15, -0.1) is 0 Å². The molecule has 1 fully saturated rings. The summed E-state index contributed by atoms with van der Waals surface area (Å²) in [5, 5.41) is 3.59. The third-order valence-corrected chi connectivity index (χ3v) is 3.81. The first-order chi connectivity index (χ1) is 9.23. The number of nitrogens with one attached hydrogen (secondary N) is 1. The maximum absolute atomic E-state index is 12.2. The minimum atomic E-state index is -0.412. The smallest absolute Gasteiger partial charge is 0.410 e. The van der Waals surface area contributed by atoms with Gasteiger partial charge in [0.15, 0.2) is 0 Å². The Morgan fingerprint density at radius 1 is 1.35 bits per heavy atom. The Labute approximate surface area is 124 Å². The van der Waals surface area contributed by atoms with E-state index in [9.17, 15) is 4.79 Å². The van der Waals surface area contributed by atoms with Crippen LogP contribution in [0.2, 0.25) is 0 Å². The van der Waals surface area contributed by atoms with Crippen LogP contribution in [0.5, 0.6) is 0 Å². The number of likely N-dealkylation sites (tertiary alicyclic amines) is 1. The number of hydrogen-bond acceptors (Lipinski definition) is 3. The molecule has 0 bridgehead atoms. The van der Waals surface area contributed by atoms with Crippen molar-refractivity contribution < 1.29 is 9.53 Å². The molecule has 0 aromatic carbocycles. The summed E-state index contributed by atoms with van der Waals surface area (Å²) in [7, 11) is 0. The predicted octanol–water partition coefficient (Wildman–Crippen LogP) is 3.55. The highest BCUT2D eigenvalue weighted by atomic mass is 16.6. The number of carbonyl (C=O) groups excluding carboxylic acids is 1. The van der Waals surface area contributed by atoms with Gasteiger partial charge in [-0.2, -0.15) is 0 Å². The molecule has 1 N–H and O–H groups in total. The van der Waals surface area contributed by atoms with E-state index in [1.807, 2.05) is 25.7 Å². The average Bonchev–Trinajstić information content (AvgIpc) is 2.74. The maximum atomic E-state index is 12.2. The van der Waals surface area contributed by atoms with E-state index in [4.69, 9.17) is 4.74 Å². The second kappa shape index (κ2) is 7.30. The summed E-state index contributed by atoms with van der Waals surface area (Å²) in [5.41, 5.74) is -0.412. The second-order valence-corrected chi connectivity index (χ2v) is 7.08. The lowest BCUT2D eigenvalue weighted by Crippen LogP contribution is -2.43. The van der Waals surface area contributed by atoms with E-state index in [1.165, 1.54) is 0 Å². The topological polar surface area (TPSA) is 41.6 Å². The van der Waals surface area contributed by atoms with Crippen LogP contribution in [0.15, 0.2) is 0 Å². The number of hydrogen-bond donors (Lipinski definition) is 1. The molecule has 0 aromatic rings. The normalized spacial score (nSPS) is 22.7. The fourth-order valence-electron chi connectivity index (χ4n) is 2.72. The van der Waals surface area contributed by atoms with Gasteiger partial charge >= 0.3 is 6.09 Å². The summed E-state index contributed by atoms with van der Waals surface area (Å²) >= 11 is 0. The lowest BCUT2D eigenvalue weighted by atomic mass is 10.1. The molecule has 1 saturated heterocycles. The molecule has 4 nitrogen and oxygen atoms in total. The van der Waals surface area contributed by atoms with Gasteiger partial charge in [0, 0.05) is 24.7 Å². The zero-order valence-electron chi connectivity index (χ0n) is 14.0. The second-order valence-electron chi connectivity index (χ2n) is 7.08. The summed E-state index contributed by atoms with van der Waals surface area (Å²) < 4.78 is 5.50. The van der Waals surface area contributed by atoms with Gasteiger partial charge in [0.05, 0.1) is 0 Å². The zero-order valence-corrected chi connectivity index (χ0v) is 14.0. The molecule has 1 rings (SSSR count). The molecule has 118 valence electrons. The lowest BCUT2D eigenvalue weighted by molar-refractivity contribution is 0.0214. The minimum absolute atomic E-state index is 0.157. The Kier molecular flexibility index (Phi) is 6.31. The molecule has 3 unspecified atom stereocenters. The largest absolute Gasteiger partial charge is 0.444 e. The number of amides is 1. The SMILES string of the molecule is CCC(C)NC(C)CC1CCCN1C(=O)OC(C)(C)C. The molecule has 20 heavy (non-hydrogen) atoms. The summed E-state index contributed by atoms with van der Waals surface area (Å²) in [4.78, 5) is 14.1. The van der Waals surface area contributed by atoms with Crippen LogP contribution >= 0.6 is 0 Å². The highest BCUT2D eigenvalue weighted by molar-refractivity contribution is 5.68. The summed E-state index contributed by atoms with van der Waals surface area (Å²) in [6.45, 7) is 13.2. The van der Waals surface area contributed by atoms with Gasteiger partial charge in [-0.3, -0.25) is 0 Å². The van der Waals surface area contributed by atoms with Crippen molar-refractivity contribution in [3.05, 3.63) is 0 Å². The standard InChI is InChI=1S/C16H32N2O2/c1-7-12(2)17-13(3)11-14-9-8-10-18(14)15(19)20-16(4,5)6/h12-14,17H,7-11H2,1-6H3. The first-order valence-electron chi connectivity index (χ1n) is 7.98. The fraction of sp³-hybridized carbons (Fsp3) is 0.938. The van der Waals surface area contributed by atoms with Crippen molar-refractivity contribution in [2.75, 3.05) is 6.54 Å². The molecule has 3 atom stereocenters. The van der Waals surface area contributed by atoms with Gasteiger partial charge in [-0.1, -0.05) is 6.92 Å². The van der Waals surface area contributed by atoms with Crippen molar-refractivity contribution in [2.45, 2.75) is 91.0 Å². The molecule has 1 amide bonds. The maximum Gasteiger partial charge on any atom is 0.410 e. The number of carbonyl (C=O) groups is 1. The number of nitrogens with zero attached hydrogens (tertiary/aromatic N) is 1. The molecular formula is C16H32N2O2. The van der Waals surface area contributed by atoms with Gasteiger partial charge in [0.1, 0.15) is 5.60 Å². The zero-order chi connectivity index (χ0) is 15.3. The van der Waals surface area contributed by atoms with Gasteiger partial charge in [0.25, 0.3) is 0 Å². The Hall–Kier alpha value is -0.770.